The van der Waals surface area contributed by atoms with E-state index in [-0.39, 0.29) is 5.91 Å². The van der Waals surface area contributed by atoms with E-state index in [1.165, 1.54) is 0 Å². The highest BCUT2D eigenvalue weighted by Crippen LogP contribution is 2.17. The quantitative estimate of drug-likeness (QED) is 0.615. The predicted octanol–water partition coefficient (Wildman–Crippen LogP) is -0.598. The molecule has 1 aliphatic heterocycles. The number of hydrogen-bond acceptors (Lipinski definition) is 3. The maximum atomic E-state index is 10.7. The fraction of sp³-hybridized carbons (Fsp3) is 0.889. The molecule has 13 heavy (non-hydrogen) atoms. The lowest BCUT2D eigenvalue weighted by atomic mass is 10.00. The van der Waals surface area contributed by atoms with Gasteiger partial charge in [0.05, 0.1) is 6.54 Å². The van der Waals surface area contributed by atoms with E-state index < -0.39 is 0 Å². The SMILES string of the molecule is CCC1CNCC1N(C)CC(N)=O. The molecule has 0 aromatic carbocycles. The molecule has 0 saturated carbocycles. The zero-order chi connectivity index (χ0) is 9.84. The summed E-state index contributed by atoms with van der Waals surface area (Å²) >= 11 is 0. The smallest absolute Gasteiger partial charge is 0.231 e. The van der Waals surface area contributed by atoms with Gasteiger partial charge >= 0.3 is 0 Å². The number of hydrogen-bond donors (Lipinski definition) is 2. The summed E-state index contributed by atoms with van der Waals surface area (Å²) in [4.78, 5) is 12.8. The molecule has 4 heteroatoms. The molecular formula is C9H19N3O. The summed E-state index contributed by atoms with van der Waals surface area (Å²) in [6.45, 7) is 4.58. The monoisotopic (exact) mass is 185 g/mol. The van der Waals surface area contributed by atoms with Crippen molar-refractivity contribution in [3.05, 3.63) is 0 Å². The summed E-state index contributed by atoms with van der Waals surface area (Å²) in [5.41, 5.74) is 5.15. The molecule has 1 rings (SSSR count). The maximum Gasteiger partial charge on any atom is 0.231 e. The molecule has 0 aromatic rings. The summed E-state index contributed by atoms with van der Waals surface area (Å²) in [5.74, 6) is 0.411. The van der Waals surface area contributed by atoms with E-state index in [0.29, 0.717) is 18.5 Å². The van der Waals surface area contributed by atoms with Crippen LogP contribution >= 0.6 is 0 Å². The average molecular weight is 185 g/mol. The molecule has 0 radical (unpaired) electrons. The van der Waals surface area contributed by atoms with Crippen molar-refractivity contribution in [2.24, 2.45) is 11.7 Å². The molecule has 0 aliphatic carbocycles. The average Bonchev–Trinajstić information content (AvgIpc) is 2.49. The van der Waals surface area contributed by atoms with Crippen LogP contribution in [0.15, 0.2) is 0 Å². The second kappa shape index (κ2) is 4.58. The second-order valence-electron chi connectivity index (χ2n) is 3.78. The fourth-order valence-corrected chi connectivity index (χ4v) is 2.01. The third kappa shape index (κ3) is 2.67. The Kier molecular flexibility index (Phi) is 3.69. The Labute approximate surface area is 79.5 Å². The topological polar surface area (TPSA) is 58.4 Å². The first-order valence-electron chi connectivity index (χ1n) is 4.84. The molecule has 1 saturated heterocycles. The van der Waals surface area contributed by atoms with Gasteiger partial charge in [-0.3, -0.25) is 9.69 Å². The van der Waals surface area contributed by atoms with Crippen LogP contribution in [0.25, 0.3) is 0 Å². The van der Waals surface area contributed by atoms with Crippen molar-refractivity contribution >= 4 is 5.91 Å². The van der Waals surface area contributed by atoms with Crippen molar-refractivity contribution in [3.63, 3.8) is 0 Å². The highest BCUT2D eigenvalue weighted by atomic mass is 16.1. The standard InChI is InChI=1S/C9H19N3O/c1-3-7-4-11-5-8(7)12(2)6-9(10)13/h7-8,11H,3-6H2,1-2H3,(H2,10,13). The van der Waals surface area contributed by atoms with Gasteiger partial charge in [-0.2, -0.15) is 0 Å². The number of nitrogens with one attached hydrogen (secondary N) is 1. The zero-order valence-corrected chi connectivity index (χ0v) is 8.42. The Balaban J connectivity index is 2.44. The first-order chi connectivity index (χ1) is 6.15. The van der Waals surface area contributed by atoms with Crippen molar-refractivity contribution in [1.29, 1.82) is 0 Å². The normalized spacial score (nSPS) is 28.2. The van der Waals surface area contributed by atoms with Crippen LogP contribution < -0.4 is 11.1 Å². The van der Waals surface area contributed by atoms with Crippen molar-refractivity contribution in [1.82, 2.24) is 10.2 Å². The highest BCUT2D eigenvalue weighted by molar-refractivity contribution is 5.75. The van der Waals surface area contributed by atoms with E-state index in [0.717, 1.165) is 19.5 Å². The van der Waals surface area contributed by atoms with E-state index in [2.05, 4.69) is 17.1 Å². The van der Waals surface area contributed by atoms with Crippen molar-refractivity contribution in [2.75, 3.05) is 26.7 Å². The molecule has 1 heterocycles. The Morgan fingerprint density at radius 1 is 1.62 bits per heavy atom. The molecule has 1 fully saturated rings. The number of nitrogens with zero attached hydrogens (tertiary/aromatic N) is 1. The third-order valence-electron chi connectivity index (χ3n) is 2.80. The van der Waals surface area contributed by atoms with Crippen LogP contribution in [0.5, 0.6) is 0 Å². The van der Waals surface area contributed by atoms with Gasteiger partial charge in [-0.1, -0.05) is 13.3 Å². The van der Waals surface area contributed by atoms with Crippen LogP contribution in [-0.4, -0.2) is 43.5 Å². The number of amides is 1. The first kappa shape index (κ1) is 10.5. The number of likely N-dealkylation sites (N-methyl/N-ethyl adjacent to an activating group) is 1. The summed E-state index contributed by atoms with van der Waals surface area (Å²) < 4.78 is 0. The highest BCUT2D eigenvalue weighted by Gasteiger charge is 2.28. The molecule has 76 valence electrons. The van der Waals surface area contributed by atoms with Gasteiger partial charge in [0, 0.05) is 12.6 Å². The van der Waals surface area contributed by atoms with E-state index in [1.807, 2.05) is 7.05 Å². The molecule has 1 amide bonds. The summed E-state index contributed by atoms with van der Waals surface area (Å²) in [6.07, 6.45) is 1.15. The predicted molar refractivity (Wildman–Crippen MR) is 52.3 cm³/mol. The number of primary amides is 1. The van der Waals surface area contributed by atoms with Crippen LogP contribution in [-0.2, 0) is 4.79 Å². The van der Waals surface area contributed by atoms with Crippen molar-refractivity contribution in [2.45, 2.75) is 19.4 Å². The van der Waals surface area contributed by atoms with Crippen molar-refractivity contribution < 1.29 is 4.79 Å². The van der Waals surface area contributed by atoms with Crippen molar-refractivity contribution in [3.8, 4) is 0 Å². The first-order valence-corrected chi connectivity index (χ1v) is 4.84. The van der Waals surface area contributed by atoms with Crippen LogP contribution in [0.3, 0.4) is 0 Å². The second-order valence-corrected chi connectivity index (χ2v) is 3.78. The van der Waals surface area contributed by atoms with Gasteiger partial charge in [-0.25, -0.2) is 0 Å². The Hall–Kier alpha value is -0.610. The molecule has 1 aliphatic rings. The largest absolute Gasteiger partial charge is 0.369 e. The van der Waals surface area contributed by atoms with E-state index >= 15 is 0 Å². The van der Waals surface area contributed by atoms with Crippen LogP contribution in [0, 0.1) is 5.92 Å². The Bertz CT molecular complexity index is 184. The molecule has 2 atom stereocenters. The minimum Gasteiger partial charge on any atom is -0.369 e. The van der Waals surface area contributed by atoms with Crippen LogP contribution in [0.2, 0.25) is 0 Å². The lowest BCUT2D eigenvalue weighted by Crippen LogP contribution is -2.42. The van der Waals surface area contributed by atoms with Crippen LogP contribution in [0.4, 0.5) is 0 Å². The van der Waals surface area contributed by atoms with Gasteiger partial charge in [0.15, 0.2) is 0 Å². The lowest BCUT2D eigenvalue weighted by molar-refractivity contribution is -0.119. The molecule has 0 spiro atoms. The molecule has 0 bridgehead atoms. The molecule has 3 N–H and O–H groups in total. The van der Waals surface area contributed by atoms with Gasteiger partial charge in [0.25, 0.3) is 0 Å². The van der Waals surface area contributed by atoms with Gasteiger partial charge in [-0.15, -0.1) is 0 Å². The molecule has 0 aromatic heterocycles. The van der Waals surface area contributed by atoms with Gasteiger partial charge < -0.3 is 11.1 Å². The number of nitrogens with two attached hydrogens (primary N) is 1. The summed E-state index contributed by atoms with van der Waals surface area (Å²) in [7, 11) is 1.96. The van der Waals surface area contributed by atoms with E-state index in [9.17, 15) is 4.79 Å². The summed E-state index contributed by atoms with van der Waals surface area (Å²) in [6, 6.07) is 0.470. The molecule has 2 unspecified atom stereocenters. The minimum absolute atomic E-state index is 0.246. The Morgan fingerprint density at radius 2 is 2.31 bits per heavy atom. The Morgan fingerprint density at radius 3 is 2.85 bits per heavy atom. The molecular weight excluding hydrogens is 166 g/mol. The fourth-order valence-electron chi connectivity index (χ4n) is 2.01. The molecule has 4 nitrogen and oxygen atoms in total. The number of carbonyl (C=O) groups is 1. The lowest BCUT2D eigenvalue weighted by Gasteiger charge is -2.26. The van der Waals surface area contributed by atoms with E-state index in [1.54, 1.807) is 0 Å². The van der Waals surface area contributed by atoms with Gasteiger partial charge in [0.2, 0.25) is 5.91 Å². The number of carbonyl (C=O) groups excluding carboxylic acids is 1. The maximum absolute atomic E-state index is 10.7. The van der Waals surface area contributed by atoms with Gasteiger partial charge in [0.1, 0.15) is 0 Å². The zero-order valence-electron chi connectivity index (χ0n) is 8.42. The summed E-state index contributed by atoms with van der Waals surface area (Å²) in [5, 5.41) is 3.33. The van der Waals surface area contributed by atoms with Gasteiger partial charge in [-0.05, 0) is 19.5 Å². The van der Waals surface area contributed by atoms with E-state index in [4.69, 9.17) is 5.73 Å². The minimum atomic E-state index is -0.246. The number of rotatable bonds is 4. The third-order valence-corrected chi connectivity index (χ3v) is 2.80. The van der Waals surface area contributed by atoms with Crippen LogP contribution in [0.1, 0.15) is 13.3 Å².